The summed E-state index contributed by atoms with van der Waals surface area (Å²) in [6, 6.07) is 26.5. The fourth-order valence-corrected chi connectivity index (χ4v) is 3.23. The zero-order valence-electron chi connectivity index (χ0n) is 17.6. The molecular weight excluding hydrogens is 388 g/mol. The first-order chi connectivity index (χ1) is 15.1. The Hall–Kier alpha value is -3.41. The monoisotopic (exact) mass is 416 g/mol. The van der Waals surface area contributed by atoms with Crippen LogP contribution in [0.2, 0.25) is 0 Å². The van der Waals surface area contributed by atoms with E-state index >= 15 is 0 Å². The summed E-state index contributed by atoms with van der Waals surface area (Å²) in [5.74, 6) is -0.404. The van der Waals surface area contributed by atoms with E-state index in [0.717, 1.165) is 22.4 Å². The maximum Gasteiger partial charge on any atom is 0.325 e. The van der Waals surface area contributed by atoms with Crippen LogP contribution in [0, 0.1) is 0 Å². The van der Waals surface area contributed by atoms with E-state index < -0.39 is 18.1 Å². The third-order valence-corrected chi connectivity index (χ3v) is 4.92. The fraction of sp³-hybridized carbons (Fsp3) is 0.192. The lowest BCUT2D eigenvalue weighted by Gasteiger charge is -2.22. The van der Waals surface area contributed by atoms with Crippen LogP contribution in [0.4, 0.5) is 5.69 Å². The third kappa shape index (κ3) is 6.28. The molecule has 3 aromatic carbocycles. The van der Waals surface area contributed by atoms with E-state index in [2.05, 4.69) is 17.4 Å². The molecule has 0 saturated heterocycles. The van der Waals surface area contributed by atoms with Crippen molar-refractivity contribution in [3.05, 3.63) is 103 Å². The quantitative estimate of drug-likeness (QED) is 0.250. The van der Waals surface area contributed by atoms with E-state index in [1.807, 2.05) is 84.9 Å². The highest BCUT2D eigenvalue weighted by Crippen LogP contribution is 2.27. The van der Waals surface area contributed by atoms with Gasteiger partial charge in [0.05, 0.1) is 12.7 Å². The number of esters is 1. The number of carbonyl (C=O) groups is 1. The van der Waals surface area contributed by atoms with Gasteiger partial charge in [-0.05, 0) is 47.7 Å². The molecule has 3 aromatic rings. The largest absolute Gasteiger partial charge is 0.465 e. The predicted molar refractivity (Wildman–Crippen MR) is 124 cm³/mol. The van der Waals surface area contributed by atoms with Gasteiger partial charge in [-0.2, -0.15) is 0 Å². The molecule has 2 unspecified atom stereocenters. The van der Waals surface area contributed by atoms with Crippen molar-refractivity contribution in [3.63, 3.8) is 0 Å². The van der Waals surface area contributed by atoms with E-state index in [-0.39, 0.29) is 13.0 Å². The van der Waals surface area contributed by atoms with Gasteiger partial charge < -0.3 is 15.3 Å². The molecule has 0 aromatic heterocycles. The minimum atomic E-state index is -0.889. The predicted octanol–water partition coefficient (Wildman–Crippen LogP) is 4.88. The SMILES string of the molecule is C=C(CC(NNc1ccccc1)C(=O)OCC)C(O)c1ccc(-c2ccccc2)cc1. The summed E-state index contributed by atoms with van der Waals surface area (Å²) in [5.41, 5.74) is 10.3. The molecule has 2 atom stereocenters. The number of hydrogen-bond acceptors (Lipinski definition) is 5. The van der Waals surface area contributed by atoms with Crippen LogP contribution in [0.3, 0.4) is 0 Å². The summed E-state index contributed by atoms with van der Waals surface area (Å²) < 4.78 is 5.18. The minimum absolute atomic E-state index is 0.222. The zero-order chi connectivity index (χ0) is 22.1. The lowest BCUT2D eigenvalue weighted by molar-refractivity contribution is -0.145. The first-order valence-electron chi connectivity index (χ1n) is 10.3. The molecule has 0 aliphatic heterocycles. The molecule has 0 spiro atoms. The smallest absolute Gasteiger partial charge is 0.325 e. The molecule has 0 amide bonds. The third-order valence-electron chi connectivity index (χ3n) is 4.92. The van der Waals surface area contributed by atoms with Crippen LogP contribution in [0.1, 0.15) is 25.0 Å². The average Bonchev–Trinajstić information content (AvgIpc) is 2.82. The number of carbonyl (C=O) groups excluding carboxylic acids is 1. The first-order valence-corrected chi connectivity index (χ1v) is 10.3. The van der Waals surface area contributed by atoms with E-state index in [4.69, 9.17) is 4.74 Å². The molecule has 0 saturated carbocycles. The molecule has 160 valence electrons. The number of hydrogen-bond donors (Lipinski definition) is 3. The highest BCUT2D eigenvalue weighted by molar-refractivity contribution is 5.76. The fourth-order valence-electron chi connectivity index (χ4n) is 3.23. The molecule has 0 fully saturated rings. The van der Waals surface area contributed by atoms with Gasteiger partial charge in [-0.15, -0.1) is 0 Å². The van der Waals surface area contributed by atoms with Gasteiger partial charge in [0.1, 0.15) is 6.04 Å². The summed E-state index contributed by atoms with van der Waals surface area (Å²) in [6.07, 6.45) is -0.666. The molecule has 3 rings (SSSR count). The second-order valence-electron chi connectivity index (χ2n) is 7.19. The number of nitrogens with one attached hydrogen (secondary N) is 2. The van der Waals surface area contributed by atoms with Gasteiger partial charge in [-0.25, -0.2) is 5.43 Å². The summed E-state index contributed by atoms with van der Waals surface area (Å²) in [6.45, 7) is 6.06. The van der Waals surface area contributed by atoms with Crippen LogP contribution in [-0.4, -0.2) is 23.7 Å². The van der Waals surface area contributed by atoms with Gasteiger partial charge in [0.25, 0.3) is 0 Å². The highest BCUT2D eigenvalue weighted by atomic mass is 16.5. The van der Waals surface area contributed by atoms with Gasteiger partial charge in [0, 0.05) is 5.69 Å². The highest BCUT2D eigenvalue weighted by Gasteiger charge is 2.24. The molecule has 0 aliphatic carbocycles. The number of aliphatic hydroxyl groups is 1. The Morgan fingerprint density at radius 2 is 1.52 bits per heavy atom. The lowest BCUT2D eigenvalue weighted by atomic mass is 9.95. The summed E-state index contributed by atoms with van der Waals surface area (Å²) in [7, 11) is 0. The zero-order valence-corrected chi connectivity index (χ0v) is 17.6. The van der Waals surface area contributed by atoms with Gasteiger partial charge >= 0.3 is 5.97 Å². The Labute approximate surface area is 183 Å². The van der Waals surface area contributed by atoms with Crippen molar-refractivity contribution in [2.24, 2.45) is 0 Å². The topological polar surface area (TPSA) is 70.6 Å². The van der Waals surface area contributed by atoms with Crippen molar-refractivity contribution in [1.82, 2.24) is 5.43 Å². The molecule has 31 heavy (non-hydrogen) atoms. The van der Waals surface area contributed by atoms with E-state index in [1.54, 1.807) is 6.92 Å². The van der Waals surface area contributed by atoms with Crippen molar-refractivity contribution < 1.29 is 14.6 Å². The van der Waals surface area contributed by atoms with Crippen LogP contribution in [0.15, 0.2) is 97.1 Å². The van der Waals surface area contributed by atoms with Crippen LogP contribution < -0.4 is 10.9 Å². The van der Waals surface area contributed by atoms with Crippen molar-refractivity contribution in [2.45, 2.75) is 25.5 Å². The molecular formula is C26H28N2O3. The van der Waals surface area contributed by atoms with Gasteiger partial charge in [0.15, 0.2) is 0 Å². The van der Waals surface area contributed by atoms with Crippen molar-refractivity contribution >= 4 is 11.7 Å². The Kier molecular flexibility index (Phi) is 7.98. The average molecular weight is 417 g/mol. The molecule has 0 radical (unpaired) electrons. The Bertz CT molecular complexity index is 973. The van der Waals surface area contributed by atoms with E-state index in [9.17, 15) is 9.90 Å². The molecule has 0 aliphatic rings. The number of rotatable bonds is 10. The van der Waals surface area contributed by atoms with Crippen molar-refractivity contribution in [2.75, 3.05) is 12.0 Å². The normalized spacial score (nSPS) is 12.6. The van der Waals surface area contributed by atoms with E-state index in [1.165, 1.54) is 0 Å². The number of para-hydroxylation sites is 1. The number of ether oxygens (including phenoxy) is 1. The summed E-state index contributed by atoms with van der Waals surface area (Å²) in [5, 5.41) is 10.8. The Morgan fingerprint density at radius 3 is 2.13 bits per heavy atom. The first kappa shape index (κ1) is 22.3. The Morgan fingerprint density at radius 1 is 0.935 bits per heavy atom. The Balaban J connectivity index is 1.66. The molecule has 5 heteroatoms. The lowest BCUT2D eigenvalue weighted by Crippen LogP contribution is -2.42. The number of hydrazine groups is 1. The number of benzene rings is 3. The summed E-state index contributed by atoms with van der Waals surface area (Å²) >= 11 is 0. The standard InChI is InChI=1S/C26H28N2O3/c1-3-31-26(30)24(28-27-23-12-8-5-9-13-23)18-19(2)25(29)22-16-14-21(15-17-22)20-10-6-4-7-11-20/h4-17,24-25,27-29H,2-3,18H2,1H3. The maximum absolute atomic E-state index is 12.4. The number of anilines is 1. The second kappa shape index (κ2) is 11.1. The van der Waals surface area contributed by atoms with Gasteiger partial charge in [0.2, 0.25) is 0 Å². The van der Waals surface area contributed by atoms with Crippen molar-refractivity contribution in [1.29, 1.82) is 0 Å². The summed E-state index contributed by atoms with van der Waals surface area (Å²) in [4.78, 5) is 12.4. The molecule has 5 nitrogen and oxygen atoms in total. The molecule has 0 bridgehead atoms. The minimum Gasteiger partial charge on any atom is -0.465 e. The maximum atomic E-state index is 12.4. The van der Waals surface area contributed by atoms with Crippen LogP contribution in [0.5, 0.6) is 0 Å². The second-order valence-corrected chi connectivity index (χ2v) is 7.19. The van der Waals surface area contributed by atoms with Crippen LogP contribution in [-0.2, 0) is 9.53 Å². The molecule has 3 N–H and O–H groups in total. The molecule has 0 heterocycles. The van der Waals surface area contributed by atoms with Gasteiger partial charge in [-0.1, -0.05) is 79.4 Å². The van der Waals surface area contributed by atoms with Crippen LogP contribution >= 0.6 is 0 Å². The van der Waals surface area contributed by atoms with Crippen LogP contribution in [0.25, 0.3) is 11.1 Å². The number of aliphatic hydroxyl groups excluding tert-OH is 1. The van der Waals surface area contributed by atoms with E-state index in [0.29, 0.717) is 5.57 Å². The van der Waals surface area contributed by atoms with Gasteiger partial charge in [-0.3, -0.25) is 4.79 Å². The van der Waals surface area contributed by atoms with Crippen molar-refractivity contribution in [3.8, 4) is 11.1 Å².